The van der Waals surface area contributed by atoms with Crippen molar-refractivity contribution in [2.75, 3.05) is 0 Å². The second-order valence-electron chi connectivity index (χ2n) is 5.96. The number of nitrogens with one attached hydrogen (secondary N) is 1. The number of rotatable bonds is 3. The van der Waals surface area contributed by atoms with Gasteiger partial charge in [-0.15, -0.1) is 0 Å². The van der Waals surface area contributed by atoms with Crippen molar-refractivity contribution in [3.05, 3.63) is 34.3 Å². The van der Waals surface area contributed by atoms with Crippen molar-refractivity contribution in [2.45, 2.75) is 51.5 Å². The number of nitriles is 1. The van der Waals surface area contributed by atoms with Gasteiger partial charge < -0.3 is 5.32 Å². The molecule has 0 spiro atoms. The van der Waals surface area contributed by atoms with Crippen LogP contribution < -0.4 is 5.32 Å². The molecule has 1 aliphatic carbocycles. The number of amides is 1. The highest BCUT2D eigenvalue weighted by Crippen LogP contribution is 2.33. The molecule has 0 aromatic heterocycles. The molecule has 1 N–H and O–H groups in total. The molecule has 4 heteroatoms. The maximum absolute atomic E-state index is 12.5. The van der Waals surface area contributed by atoms with Crippen molar-refractivity contribution < 1.29 is 4.79 Å². The summed E-state index contributed by atoms with van der Waals surface area (Å²) in [5.74, 6) is 0.501. The minimum atomic E-state index is -0.713. The van der Waals surface area contributed by atoms with Crippen molar-refractivity contribution in [3.8, 4) is 6.07 Å². The lowest BCUT2D eigenvalue weighted by Crippen LogP contribution is -2.49. The summed E-state index contributed by atoms with van der Waals surface area (Å²) in [4.78, 5) is 12.5. The minimum Gasteiger partial charge on any atom is -0.334 e. The molecule has 0 aliphatic heterocycles. The normalized spacial score (nSPS) is 25.1. The van der Waals surface area contributed by atoms with Gasteiger partial charge >= 0.3 is 0 Å². The number of halogens is 1. The third kappa shape index (κ3) is 3.57. The summed E-state index contributed by atoms with van der Waals surface area (Å²) in [7, 11) is 0. The molecular formula is C17H21ClN2O. The van der Waals surface area contributed by atoms with Crippen molar-refractivity contribution >= 4 is 17.5 Å². The Kier molecular flexibility index (Phi) is 4.90. The van der Waals surface area contributed by atoms with Crippen LogP contribution in [0.5, 0.6) is 0 Å². The average Bonchev–Trinajstić information content (AvgIpc) is 2.47. The first-order valence-corrected chi connectivity index (χ1v) is 7.87. The molecule has 1 amide bonds. The topological polar surface area (TPSA) is 52.9 Å². The fourth-order valence-electron chi connectivity index (χ4n) is 3.01. The van der Waals surface area contributed by atoms with Gasteiger partial charge in [0.25, 0.3) is 5.91 Å². The molecule has 1 saturated carbocycles. The molecule has 1 aromatic carbocycles. The van der Waals surface area contributed by atoms with Gasteiger partial charge in [-0.3, -0.25) is 4.79 Å². The lowest BCUT2D eigenvalue weighted by molar-refractivity contribution is 0.0890. The van der Waals surface area contributed by atoms with Crippen LogP contribution in [0.3, 0.4) is 0 Å². The van der Waals surface area contributed by atoms with Gasteiger partial charge in [0.2, 0.25) is 0 Å². The van der Waals surface area contributed by atoms with Crippen molar-refractivity contribution in [1.29, 1.82) is 5.26 Å². The number of carbonyl (C=O) groups is 1. The van der Waals surface area contributed by atoms with E-state index in [2.05, 4.69) is 18.3 Å². The maximum atomic E-state index is 12.5. The summed E-state index contributed by atoms with van der Waals surface area (Å²) >= 11 is 5.92. The lowest BCUT2D eigenvalue weighted by atomic mass is 9.76. The zero-order valence-electron chi connectivity index (χ0n) is 12.6. The Bertz CT molecular complexity index is 569. The maximum Gasteiger partial charge on any atom is 0.252 e. The van der Waals surface area contributed by atoms with Crippen molar-refractivity contribution in [1.82, 2.24) is 5.32 Å². The number of carbonyl (C=O) groups excluding carboxylic acids is 1. The molecule has 2 rings (SSSR count). The van der Waals surface area contributed by atoms with E-state index in [1.165, 1.54) is 0 Å². The second-order valence-corrected chi connectivity index (χ2v) is 6.40. The number of aryl methyl sites for hydroxylation is 1. The van der Waals surface area contributed by atoms with Gasteiger partial charge in [-0.1, -0.05) is 24.9 Å². The lowest BCUT2D eigenvalue weighted by Gasteiger charge is -2.35. The second kappa shape index (κ2) is 6.49. The molecule has 1 fully saturated rings. The Morgan fingerprint density at radius 1 is 1.48 bits per heavy atom. The number of nitrogens with zero attached hydrogens (tertiary/aromatic N) is 1. The Balaban J connectivity index is 2.12. The molecule has 0 bridgehead atoms. The smallest absolute Gasteiger partial charge is 0.252 e. The highest BCUT2D eigenvalue weighted by atomic mass is 35.5. The Morgan fingerprint density at radius 2 is 2.14 bits per heavy atom. The molecule has 0 heterocycles. The molecule has 3 nitrogen and oxygen atoms in total. The highest BCUT2D eigenvalue weighted by Gasteiger charge is 2.36. The van der Waals surface area contributed by atoms with Crippen LogP contribution in [0.15, 0.2) is 18.2 Å². The summed E-state index contributed by atoms with van der Waals surface area (Å²) in [6.07, 6.45) is 4.63. The van der Waals surface area contributed by atoms with Gasteiger partial charge in [-0.05, 0) is 62.3 Å². The van der Waals surface area contributed by atoms with Crippen LogP contribution in [0.4, 0.5) is 0 Å². The quantitative estimate of drug-likeness (QED) is 0.908. The summed E-state index contributed by atoms with van der Waals surface area (Å²) in [6, 6.07) is 7.53. The third-order valence-electron chi connectivity index (χ3n) is 4.54. The van der Waals surface area contributed by atoms with Crippen LogP contribution in [-0.4, -0.2) is 11.4 Å². The SMILES string of the molecule is CCC1CCC(C#N)(NC(=O)c2ccc(Cl)cc2C)CC1. The Labute approximate surface area is 131 Å². The van der Waals surface area contributed by atoms with Crippen molar-refractivity contribution in [3.63, 3.8) is 0 Å². The first-order valence-electron chi connectivity index (χ1n) is 7.49. The van der Waals surface area contributed by atoms with E-state index in [0.717, 1.165) is 37.7 Å². The fourth-order valence-corrected chi connectivity index (χ4v) is 3.24. The molecular weight excluding hydrogens is 284 g/mol. The summed E-state index contributed by atoms with van der Waals surface area (Å²) in [5.41, 5.74) is 0.705. The zero-order chi connectivity index (χ0) is 15.5. The van der Waals surface area contributed by atoms with E-state index in [9.17, 15) is 10.1 Å². The Morgan fingerprint density at radius 3 is 2.67 bits per heavy atom. The third-order valence-corrected chi connectivity index (χ3v) is 4.77. The van der Waals surface area contributed by atoms with Crippen LogP contribution in [-0.2, 0) is 0 Å². The molecule has 0 unspecified atom stereocenters. The van der Waals surface area contributed by atoms with E-state index in [0.29, 0.717) is 16.5 Å². The van der Waals surface area contributed by atoms with E-state index < -0.39 is 5.54 Å². The zero-order valence-corrected chi connectivity index (χ0v) is 13.3. The molecule has 0 atom stereocenters. The largest absolute Gasteiger partial charge is 0.334 e. The van der Waals surface area contributed by atoms with Crippen LogP contribution in [0.2, 0.25) is 5.02 Å². The molecule has 0 radical (unpaired) electrons. The van der Waals surface area contributed by atoms with E-state index in [-0.39, 0.29) is 5.91 Å². The van der Waals surface area contributed by atoms with E-state index in [1.807, 2.05) is 6.92 Å². The van der Waals surface area contributed by atoms with E-state index in [4.69, 9.17) is 11.6 Å². The van der Waals surface area contributed by atoms with E-state index >= 15 is 0 Å². The molecule has 1 aromatic rings. The number of hydrogen-bond donors (Lipinski definition) is 1. The predicted molar refractivity (Wildman–Crippen MR) is 84.2 cm³/mol. The van der Waals surface area contributed by atoms with Gasteiger partial charge in [0.15, 0.2) is 0 Å². The first-order chi connectivity index (χ1) is 9.99. The van der Waals surface area contributed by atoms with Gasteiger partial charge in [-0.25, -0.2) is 0 Å². The molecule has 1 aliphatic rings. The van der Waals surface area contributed by atoms with Gasteiger partial charge in [0.05, 0.1) is 6.07 Å². The van der Waals surface area contributed by atoms with Crippen LogP contribution >= 0.6 is 11.6 Å². The van der Waals surface area contributed by atoms with Crippen LogP contribution in [0.25, 0.3) is 0 Å². The van der Waals surface area contributed by atoms with Gasteiger partial charge in [-0.2, -0.15) is 5.26 Å². The summed E-state index contributed by atoms with van der Waals surface area (Å²) in [6.45, 7) is 4.04. The molecule has 0 saturated heterocycles. The predicted octanol–water partition coefficient (Wildman–Crippen LogP) is 4.24. The Hall–Kier alpha value is -1.53. The van der Waals surface area contributed by atoms with Gasteiger partial charge in [0.1, 0.15) is 5.54 Å². The van der Waals surface area contributed by atoms with Gasteiger partial charge in [0, 0.05) is 10.6 Å². The number of hydrogen-bond acceptors (Lipinski definition) is 2. The first kappa shape index (κ1) is 15.9. The fraction of sp³-hybridized carbons (Fsp3) is 0.529. The minimum absolute atomic E-state index is 0.180. The monoisotopic (exact) mass is 304 g/mol. The highest BCUT2D eigenvalue weighted by molar-refractivity contribution is 6.30. The van der Waals surface area contributed by atoms with Crippen LogP contribution in [0.1, 0.15) is 54.9 Å². The van der Waals surface area contributed by atoms with E-state index in [1.54, 1.807) is 18.2 Å². The van der Waals surface area contributed by atoms with Crippen molar-refractivity contribution in [2.24, 2.45) is 5.92 Å². The summed E-state index contributed by atoms with van der Waals surface area (Å²) < 4.78 is 0. The molecule has 21 heavy (non-hydrogen) atoms. The summed E-state index contributed by atoms with van der Waals surface area (Å²) in [5, 5.41) is 13.1. The number of benzene rings is 1. The standard InChI is InChI=1S/C17H21ClN2O/c1-3-13-6-8-17(11-19,9-7-13)20-16(21)15-5-4-14(18)10-12(15)2/h4-5,10,13H,3,6-9H2,1-2H3,(H,20,21). The molecule has 112 valence electrons. The van der Waals surface area contributed by atoms with Crippen LogP contribution in [0, 0.1) is 24.2 Å². The average molecular weight is 305 g/mol.